The van der Waals surface area contributed by atoms with Crippen LogP contribution in [0, 0.1) is 0 Å². The Bertz CT molecular complexity index is 640. The molecule has 0 N–H and O–H groups in total. The standard InChI is InChI=1S/C19H22O5/c1-4-21-16-12-14(13-17(22-5-2)18(16)23-6-3)19(20)24-15-10-8-7-9-11-15/h7-13H,4-6H2,1-3H3. The Morgan fingerprint density at radius 1 is 0.833 bits per heavy atom. The molecule has 0 bridgehead atoms. The van der Waals surface area contributed by atoms with E-state index in [-0.39, 0.29) is 0 Å². The summed E-state index contributed by atoms with van der Waals surface area (Å²) in [5.74, 6) is 1.42. The van der Waals surface area contributed by atoms with E-state index in [9.17, 15) is 4.79 Å². The molecule has 2 aromatic rings. The van der Waals surface area contributed by atoms with Crippen LogP contribution in [0.3, 0.4) is 0 Å². The van der Waals surface area contributed by atoms with E-state index in [1.54, 1.807) is 36.4 Å². The van der Waals surface area contributed by atoms with Crippen molar-refractivity contribution in [1.82, 2.24) is 0 Å². The number of benzene rings is 2. The van der Waals surface area contributed by atoms with Gasteiger partial charge in [0.05, 0.1) is 25.4 Å². The third-order valence-electron chi connectivity index (χ3n) is 3.10. The van der Waals surface area contributed by atoms with Crippen LogP contribution in [0.15, 0.2) is 42.5 Å². The van der Waals surface area contributed by atoms with Gasteiger partial charge in [-0.25, -0.2) is 4.79 Å². The van der Waals surface area contributed by atoms with Crippen LogP contribution < -0.4 is 18.9 Å². The van der Waals surface area contributed by atoms with Crippen LogP contribution in [0.4, 0.5) is 0 Å². The minimum atomic E-state index is -0.480. The van der Waals surface area contributed by atoms with Gasteiger partial charge in [-0.2, -0.15) is 0 Å². The van der Waals surface area contributed by atoms with Gasteiger partial charge in [-0.05, 0) is 45.0 Å². The maximum atomic E-state index is 12.4. The van der Waals surface area contributed by atoms with Crippen LogP contribution in [0.5, 0.6) is 23.0 Å². The second kappa shape index (κ2) is 8.82. The summed E-state index contributed by atoms with van der Waals surface area (Å²) in [4.78, 5) is 12.4. The quantitative estimate of drug-likeness (QED) is 0.539. The lowest BCUT2D eigenvalue weighted by atomic mass is 10.2. The molecule has 128 valence electrons. The van der Waals surface area contributed by atoms with Crippen molar-refractivity contribution >= 4 is 5.97 Å². The summed E-state index contributed by atoms with van der Waals surface area (Å²) in [5, 5.41) is 0. The smallest absolute Gasteiger partial charge is 0.343 e. The molecule has 5 nitrogen and oxygen atoms in total. The van der Waals surface area contributed by atoms with Gasteiger partial charge in [-0.15, -0.1) is 0 Å². The van der Waals surface area contributed by atoms with Gasteiger partial charge in [0.15, 0.2) is 11.5 Å². The Morgan fingerprint density at radius 3 is 1.88 bits per heavy atom. The third kappa shape index (κ3) is 4.41. The first-order valence-electron chi connectivity index (χ1n) is 8.03. The predicted molar refractivity (Wildman–Crippen MR) is 91.3 cm³/mol. The highest BCUT2D eigenvalue weighted by Gasteiger charge is 2.19. The Labute approximate surface area is 142 Å². The van der Waals surface area contributed by atoms with Crippen LogP contribution in [0.2, 0.25) is 0 Å². The van der Waals surface area contributed by atoms with E-state index in [0.29, 0.717) is 48.4 Å². The number of hydrogen-bond acceptors (Lipinski definition) is 5. The van der Waals surface area contributed by atoms with E-state index >= 15 is 0 Å². The van der Waals surface area contributed by atoms with Crippen molar-refractivity contribution in [3.05, 3.63) is 48.0 Å². The van der Waals surface area contributed by atoms with Crippen LogP contribution in [0.1, 0.15) is 31.1 Å². The highest BCUT2D eigenvalue weighted by molar-refractivity contribution is 5.92. The summed E-state index contributed by atoms with van der Waals surface area (Å²) in [6, 6.07) is 12.1. The van der Waals surface area contributed by atoms with Crippen molar-refractivity contribution in [1.29, 1.82) is 0 Å². The molecule has 0 aliphatic carbocycles. The predicted octanol–water partition coefficient (Wildman–Crippen LogP) is 4.10. The Morgan fingerprint density at radius 2 is 1.38 bits per heavy atom. The number of esters is 1. The molecule has 2 aromatic carbocycles. The van der Waals surface area contributed by atoms with Crippen molar-refractivity contribution in [3.63, 3.8) is 0 Å². The second-order valence-corrected chi connectivity index (χ2v) is 4.80. The molecule has 0 aromatic heterocycles. The normalized spacial score (nSPS) is 10.1. The van der Waals surface area contributed by atoms with Crippen molar-refractivity contribution < 1.29 is 23.7 Å². The molecular weight excluding hydrogens is 308 g/mol. The molecule has 0 radical (unpaired) electrons. The summed E-state index contributed by atoms with van der Waals surface area (Å²) in [6.07, 6.45) is 0. The maximum absolute atomic E-state index is 12.4. The lowest BCUT2D eigenvalue weighted by Crippen LogP contribution is -2.10. The largest absolute Gasteiger partial charge is 0.490 e. The fourth-order valence-electron chi connectivity index (χ4n) is 2.16. The fraction of sp³-hybridized carbons (Fsp3) is 0.316. The van der Waals surface area contributed by atoms with Crippen LogP contribution >= 0.6 is 0 Å². The van der Waals surface area contributed by atoms with E-state index in [1.807, 2.05) is 26.8 Å². The number of ether oxygens (including phenoxy) is 4. The van der Waals surface area contributed by atoms with Crippen LogP contribution in [-0.4, -0.2) is 25.8 Å². The number of hydrogen-bond donors (Lipinski definition) is 0. The Kier molecular flexibility index (Phi) is 6.49. The minimum Gasteiger partial charge on any atom is -0.490 e. The Balaban J connectivity index is 2.36. The van der Waals surface area contributed by atoms with E-state index in [1.165, 1.54) is 0 Å². The van der Waals surface area contributed by atoms with Gasteiger partial charge < -0.3 is 18.9 Å². The van der Waals surface area contributed by atoms with Gasteiger partial charge in [0.1, 0.15) is 5.75 Å². The number of rotatable bonds is 8. The summed E-state index contributed by atoms with van der Waals surface area (Å²) in [6.45, 7) is 6.97. The molecule has 0 saturated heterocycles. The topological polar surface area (TPSA) is 54.0 Å². The van der Waals surface area contributed by atoms with Gasteiger partial charge in [0.2, 0.25) is 5.75 Å². The summed E-state index contributed by atoms with van der Waals surface area (Å²) < 4.78 is 22.2. The van der Waals surface area contributed by atoms with Gasteiger partial charge in [-0.3, -0.25) is 0 Å². The molecular formula is C19H22O5. The lowest BCUT2D eigenvalue weighted by Gasteiger charge is -2.16. The maximum Gasteiger partial charge on any atom is 0.343 e. The zero-order chi connectivity index (χ0) is 17.4. The minimum absolute atomic E-state index is 0.342. The average molecular weight is 330 g/mol. The number of carbonyl (C=O) groups excluding carboxylic acids is 1. The third-order valence-corrected chi connectivity index (χ3v) is 3.10. The first-order valence-corrected chi connectivity index (χ1v) is 8.03. The number of para-hydroxylation sites is 1. The van der Waals surface area contributed by atoms with E-state index in [0.717, 1.165) is 0 Å². The number of carbonyl (C=O) groups is 1. The van der Waals surface area contributed by atoms with E-state index in [2.05, 4.69) is 0 Å². The van der Waals surface area contributed by atoms with Gasteiger partial charge >= 0.3 is 5.97 Å². The monoisotopic (exact) mass is 330 g/mol. The highest BCUT2D eigenvalue weighted by Crippen LogP contribution is 2.39. The second-order valence-electron chi connectivity index (χ2n) is 4.80. The fourth-order valence-corrected chi connectivity index (χ4v) is 2.16. The van der Waals surface area contributed by atoms with Crippen molar-refractivity contribution in [2.75, 3.05) is 19.8 Å². The Hall–Kier alpha value is -2.69. The molecule has 0 amide bonds. The first-order chi connectivity index (χ1) is 11.7. The molecule has 0 fully saturated rings. The zero-order valence-electron chi connectivity index (χ0n) is 14.2. The van der Waals surface area contributed by atoms with Gasteiger partial charge in [-0.1, -0.05) is 18.2 Å². The van der Waals surface area contributed by atoms with Crippen LogP contribution in [0.25, 0.3) is 0 Å². The highest BCUT2D eigenvalue weighted by atomic mass is 16.5. The van der Waals surface area contributed by atoms with Crippen molar-refractivity contribution in [3.8, 4) is 23.0 Å². The summed E-state index contributed by atoms with van der Waals surface area (Å²) in [5.41, 5.74) is 0.342. The van der Waals surface area contributed by atoms with Crippen molar-refractivity contribution in [2.45, 2.75) is 20.8 Å². The molecule has 24 heavy (non-hydrogen) atoms. The SMILES string of the molecule is CCOc1cc(C(=O)Oc2ccccc2)cc(OCC)c1OCC. The zero-order valence-corrected chi connectivity index (χ0v) is 14.2. The molecule has 0 unspecified atom stereocenters. The molecule has 0 saturated carbocycles. The lowest BCUT2D eigenvalue weighted by molar-refractivity contribution is 0.0733. The average Bonchev–Trinajstić information content (AvgIpc) is 2.58. The van der Waals surface area contributed by atoms with E-state index < -0.39 is 5.97 Å². The van der Waals surface area contributed by atoms with Gasteiger partial charge in [0, 0.05) is 0 Å². The molecule has 0 atom stereocenters. The van der Waals surface area contributed by atoms with E-state index in [4.69, 9.17) is 18.9 Å². The molecule has 0 aliphatic rings. The first kappa shape index (κ1) is 17.7. The van der Waals surface area contributed by atoms with Crippen molar-refractivity contribution in [2.24, 2.45) is 0 Å². The summed E-state index contributed by atoms with van der Waals surface area (Å²) >= 11 is 0. The molecule has 0 spiro atoms. The molecule has 2 rings (SSSR count). The van der Waals surface area contributed by atoms with Gasteiger partial charge in [0.25, 0.3) is 0 Å². The molecule has 0 aliphatic heterocycles. The summed E-state index contributed by atoms with van der Waals surface area (Å²) in [7, 11) is 0. The molecule has 0 heterocycles. The molecule has 5 heteroatoms. The van der Waals surface area contributed by atoms with Crippen LogP contribution in [-0.2, 0) is 0 Å².